The predicted octanol–water partition coefficient (Wildman–Crippen LogP) is 5.19. The number of hydrogen-bond acceptors (Lipinski definition) is 8. The van der Waals surface area contributed by atoms with E-state index in [1.807, 2.05) is 51.1 Å². The summed E-state index contributed by atoms with van der Waals surface area (Å²) in [6.07, 6.45) is 0.0621. The zero-order valence-electron chi connectivity index (χ0n) is 26.6. The minimum atomic E-state index is -2.26. The number of alkyl halides is 1. The number of hydrogen-bond donors (Lipinski definition) is 1. The summed E-state index contributed by atoms with van der Waals surface area (Å²) in [5.74, 6) is -3.30. The van der Waals surface area contributed by atoms with Crippen molar-refractivity contribution in [3.05, 3.63) is 35.9 Å². The first-order valence-electron chi connectivity index (χ1n) is 15.6. The molecule has 2 saturated carbocycles. The van der Waals surface area contributed by atoms with Gasteiger partial charge in [0.15, 0.2) is 19.9 Å². The summed E-state index contributed by atoms with van der Waals surface area (Å²) in [5.41, 5.74) is -3.00. The lowest BCUT2D eigenvalue weighted by atomic mass is 9.57. The fourth-order valence-electron chi connectivity index (χ4n) is 8.52. The number of carbonyl (C=O) groups excluding carboxylic acids is 2. The number of carbonyl (C=O) groups is 2. The number of fused-ring (bicyclic) bond motifs is 3. The van der Waals surface area contributed by atoms with Crippen molar-refractivity contribution in [3.8, 4) is 0 Å². The normalized spacial score (nSPS) is 45.0. The first kappa shape index (κ1) is 32.0. The van der Waals surface area contributed by atoms with Crippen molar-refractivity contribution in [1.29, 1.82) is 0 Å². The van der Waals surface area contributed by atoms with Crippen LogP contribution in [0, 0.1) is 23.7 Å². The molecule has 2 aliphatic carbocycles. The van der Waals surface area contributed by atoms with Gasteiger partial charge in [0, 0.05) is 17.8 Å². The van der Waals surface area contributed by atoms with E-state index in [-0.39, 0.29) is 23.3 Å². The number of rotatable bonds is 7. The third kappa shape index (κ3) is 4.56. The molecule has 3 aliphatic heterocycles. The maximum atomic E-state index is 13.9. The summed E-state index contributed by atoms with van der Waals surface area (Å²) < 4.78 is 33.9. The Hall–Kier alpha value is -0.983. The number of aliphatic hydroxyl groups is 1. The van der Waals surface area contributed by atoms with Gasteiger partial charge in [0.05, 0.1) is 35.7 Å². The van der Waals surface area contributed by atoms with Crippen LogP contribution in [0.3, 0.4) is 0 Å². The number of Topliss-reactive ketones (excluding diaryl/α,β-unsaturated/α-hetero) is 1. The highest BCUT2D eigenvalue weighted by atomic mass is 79.9. The van der Waals surface area contributed by atoms with E-state index in [1.54, 1.807) is 0 Å². The summed E-state index contributed by atoms with van der Waals surface area (Å²) >= 11 is 3.84. The van der Waals surface area contributed by atoms with E-state index in [0.717, 1.165) is 11.8 Å². The van der Waals surface area contributed by atoms with Crippen LogP contribution in [-0.2, 0) is 39.6 Å². The largest absolute Gasteiger partial charge is 0.414 e. The van der Waals surface area contributed by atoms with Gasteiger partial charge in [0.25, 0.3) is 0 Å². The van der Waals surface area contributed by atoms with Gasteiger partial charge in [-0.3, -0.25) is 4.79 Å². The Morgan fingerprint density at radius 3 is 2.42 bits per heavy atom. The van der Waals surface area contributed by atoms with Crippen LogP contribution in [0.4, 0.5) is 0 Å². The summed E-state index contributed by atoms with van der Waals surface area (Å²) in [4.78, 5) is 26.5. The van der Waals surface area contributed by atoms with E-state index in [2.05, 4.69) is 49.8 Å². The van der Waals surface area contributed by atoms with E-state index < -0.39 is 71.8 Å². The van der Waals surface area contributed by atoms with Crippen LogP contribution in [-0.4, -0.2) is 77.8 Å². The molecular formula is C33H47BrO8Si. The van der Waals surface area contributed by atoms with Crippen molar-refractivity contribution < 1.29 is 38.1 Å². The van der Waals surface area contributed by atoms with E-state index >= 15 is 0 Å². The molecule has 6 rings (SSSR count). The molecule has 3 saturated heterocycles. The molecule has 1 aromatic rings. The molecular weight excluding hydrogens is 632 g/mol. The summed E-state index contributed by atoms with van der Waals surface area (Å²) in [5, 5.41) is 12.5. The minimum Gasteiger partial charge on any atom is -0.414 e. The quantitative estimate of drug-likeness (QED) is 0.239. The molecule has 0 aromatic heterocycles. The molecule has 1 spiro atoms. The Morgan fingerprint density at radius 1 is 1.14 bits per heavy atom. The van der Waals surface area contributed by atoms with Crippen molar-refractivity contribution in [2.45, 2.75) is 125 Å². The number of ether oxygens (including phenoxy) is 4. The third-order valence-corrected chi connectivity index (χ3v) is 17.6. The van der Waals surface area contributed by atoms with Gasteiger partial charge in [-0.2, -0.15) is 0 Å². The van der Waals surface area contributed by atoms with Crippen LogP contribution in [0.25, 0.3) is 0 Å². The van der Waals surface area contributed by atoms with Gasteiger partial charge in [0.2, 0.25) is 0 Å². The van der Waals surface area contributed by atoms with Gasteiger partial charge in [-0.1, -0.05) is 74.0 Å². The second-order valence-electron chi connectivity index (χ2n) is 15.6. The van der Waals surface area contributed by atoms with Crippen molar-refractivity contribution >= 4 is 36.3 Å². The lowest BCUT2D eigenvalue weighted by molar-refractivity contribution is -0.282. The molecule has 43 heavy (non-hydrogen) atoms. The van der Waals surface area contributed by atoms with Gasteiger partial charge >= 0.3 is 0 Å². The molecule has 5 aliphatic rings. The van der Waals surface area contributed by atoms with Crippen LogP contribution in [0.5, 0.6) is 0 Å². The van der Waals surface area contributed by atoms with Crippen molar-refractivity contribution in [2.24, 2.45) is 23.7 Å². The summed E-state index contributed by atoms with van der Waals surface area (Å²) in [6.45, 7) is 17.0. The zero-order chi connectivity index (χ0) is 31.4. The standard InChI is InChI=1S/C33H47BrO8Si/c1-19-14-23-32(37,27(19)36)28(34)31(18-39-43(7,8)29(2,3)4)15-21-24(38-17-20-12-10-9-11-13-20)26-25(40-30(5,6)41-26)22(16-35)33(21,23)42-31/h9-13,16,19,21-26,28,37H,14-15,17-18H2,1-8H3/t19-,21-,22+,23+,24+,25+,26+,28+,31+,32+,33-/m0/s1. The topological polar surface area (TPSA) is 101 Å². The number of benzene rings is 1. The molecule has 3 heterocycles. The average Bonchev–Trinajstić information content (AvgIpc) is 3.52. The molecule has 5 fully saturated rings. The Balaban J connectivity index is 1.49. The fourth-order valence-corrected chi connectivity index (χ4v) is 10.5. The predicted molar refractivity (Wildman–Crippen MR) is 166 cm³/mol. The number of aldehydes is 1. The van der Waals surface area contributed by atoms with Gasteiger partial charge in [0.1, 0.15) is 29.7 Å². The number of halogens is 1. The third-order valence-electron chi connectivity index (χ3n) is 11.6. The summed E-state index contributed by atoms with van der Waals surface area (Å²) in [7, 11) is -2.26. The molecule has 1 aromatic carbocycles. The Bertz CT molecular complexity index is 1270. The average molecular weight is 680 g/mol. The van der Waals surface area contributed by atoms with Crippen molar-refractivity contribution in [3.63, 3.8) is 0 Å². The van der Waals surface area contributed by atoms with Gasteiger partial charge < -0.3 is 33.3 Å². The highest BCUT2D eigenvalue weighted by Crippen LogP contribution is 2.70. The molecule has 10 heteroatoms. The lowest BCUT2D eigenvalue weighted by Gasteiger charge is -2.59. The second-order valence-corrected chi connectivity index (χ2v) is 21.3. The monoisotopic (exact) mass is 678 g/mol. The second kappa shape index (κ2) is 10.3. The van der Waals surface area contributed by atoms with Crippen LogP contribution in [0.15, 0.2) is 30.3 Å². The molecule has 11 atom stereocenters. The van der Waals surface area contributed by atoms with Gasteiger partial charge in [-0.15, -0.1) is 0 Å². The van der Waals surface area contributed by atoms with Crippen LogP contribution in [0.2, 0.25) is 18.1 Å². The van der Waals surface area contributed by atoms with Gasteiger partial charge in [-0.25, -0.2) is 0 Å². The molecule has 0 radical (unpaired) electrons. The van der Waals surface area contributed by atoms with Crippen molar-refractivity contribution in [2.75, 3.05) is 6.61 Å². The van der Waals surface area contributed by atoms with Crippen LogP contribution in [0.1, 0.15) is 59.9 Å². The maximum Gasteiger partial charge on any atom is 0.192 e. The fraction of sp³-hybridized carbons (Fsp3) is 0.758. The molecule has 2 bridgehead atoms. The van der Waals surface area contributed by atoms with Crippen LogP contribution < -0.4 is 0 Å². The van der Waals surface area contributed by atoms with E-state index in [9.17, 15) is 14.7 Å². The Morgan fingerprint density at radius 2 is 1.79 bits per heavy atom. The molecule has 238 valence electrons. The molecule has 0 unspecified atom stereocenters. The maximum absolute atomic E-state index is 13.9. The molecule has 1 N–H and O–H groups in total. The minimum absolute atomic E-state index is 0.0583. The zero-order valence-corrected chi connectivity index (χ0v) is 29.2. The highest BCUT2D eigenvalue weighted by Gasteiger charge is 2.83. The SMILES string of the molecule is C[C@H]1C[C@@H]2[C@@](O)(C1=O)[C@H](Br)[C@]1(CO[Si](C)(C)C(C)(C)C)C[C@H]3[C@@H](OCc4ccccc4)[C@H]4OC(C)(C)O[C@@H]4[C@@H](C=O)[C@]23O1. The first-order chi connectivity index (χ1) is 19.9. The Labute approximate surface area is 264 Å². The number of ketones is 1. The van der Waals surface area contributed by atoms with E-state index in [4.69, 9.17) is 23.4 Å². The highest BCUT2D eigenvalue weighted by molar-refractivity contribution is 9.09. The van der Waals surface area contributed by atoms with E-state index in [1.165, 1.54) is 0 Å². The first-order valence-corrected chi connectivity index (χ1v) is 19.5. The molecule has 0 amide bonds. The smallest absolute Gasteiger partial charge is 0.192 e. The Kier molecular flexibility index (Phi) is 7.63. The lowest BCUT2D eigenvalue weighted by Crippen LogP contribution is -2.75. The van der Waals surface area contributed by atoms with Crippen LogP contribution >= 0.6 is 15.9 Å². The van der Waals surface area contributed by atoms with Gasteiger partial charge in [-0.05, 0) is 50.4 Å². The van der Waals surface area contributed by atoms with E-state index in [0.29, 0.717) is 19.4 Å². The van der Waals surface area contributed by atoms with Crippen molar-refractivity contribution in [1.82, 2.24) is 0 Å². The molecule has 8 nitrogen and oxygen atoms in total. The summed E-state index contributed by atoms with van der Waals surface area (Å²) in [6, 6.07) is 9.95.